The third kappa shape index (κ3) is 4.03. The molecule has 2 aromatic rings. The van der Waals surface area contributed by atoms with E-state index in [0.717, 1.165) is 19.6 Å². The molecule has 1 heterocycles. The van der Waals surface area contributed by atoms with Crippen molar-refractivity contribution in [1.29, 1.82) is 0 Å². The predicted octanol–water partition coefficient (Wildman–Crippen LogP) is 4.91. The average molecular weight is 449 g/mol. The Kier molecular flexibility index (Phi) is 7.53. The van der Waals surface area contributed by atoms with Crippen molar-refractivity contribution in [2.75, 3.05) is 46.4 Å². The van der Waals surface area contributed by atoms with Crippen molar-refractivity contribution in [3.63, 3.8) is 0 Å². The maximum Gasteiger partial charge on any atom is 0.119 e. The summed E-state index contributed by atoms with van der Waals surface area (Å²) in [7, 11) is 2.22. The molecule has 1 aliphatic heterocycles. The van der Waals surface area contributed by atoms with Gasteiger partial charge in [0.05, 0.1) is 6.61 Å². The van der Waals surface area contributed by atoms with Gasteiger partial charge in [0, 0.05) is 38.6 Å². The standard InChI is InChI=1S/C25H32N2O.2ClH/c1-19(17-27-15-13-26(2)14-16-27)18-28-25-12-11-20(21-7-3-5-9-23(21)25)22-8-4-6-10-24(22)25;;/h3-10,19-20H,11-18H2,1-2H3;2*1H. The second kappa shape index (κ2) is 9.58. The monoisotopic (exact) mass is 448 g/mol. The van der Waals surface area contributed by atoms with E-state index in [0.29, 0.717) is 11.8 Å². The molecule has 4 aliphatic rings. The van der Waals surface area contributed by atoms with Crippen molar-refractivity contribution in [3.05, 3.63) is 70.8 Å². The van der Waals surface area contributed by atoms with Gasteiger partial charge in [-0.25, -0.2) is 0 Å². The fraction of sp³-hybridized carbons (Fsp3) is 0.520. The predicted molar refractivity (Wildman–Crippen MR) is 128 cm³/mol. The molecular formula is C25H34Cl2N2O. The van der Waals surface area contributed by atoms with Gasteiger partial charge in [-0.2, -0.15) is 0 Å². The molecule has 0 N–H and O–H groups in total. The zero-order valence-electron chi connectivity index (χ0n) is 18.0. The highest BCUT2D eigenvalue weighted by molar-refractivity contribution is 5.85. The van der Waals surface area contributed by atoms with E-state index in [1.807, 2.05) is 0 Å². The van der Waals surface area contributed by atoms with Gasteiger partial charge in [0.1, 0.15) is 5.60 Å². The molecule has 1 unspecified atom stereocenters. The topological polar surface area (TPSA) is 15.7 Å². The molecule has 3 aliphatic carbocycles. The van der Waals surface area contributed by atoms with Gasteiger partial charge < -0.3 is 14.5 Å². The number of hydrogen-bond donors (Lipinski definition) is 0. The minimum Gasteiger partial charge on any atom is -0.365 e. The van der Waals surface area contributed by atoms with Crippen LogP contribution in [0.2, 0.25) is 0 Å². The summed E-state index contributed by atoms with van der Waals surface area (Å²) in [6, 6.07) is 18.0. The lowest BCUT2D eigenvalue weighted by Crippen LogP contribution is -2.47. The van der Waals surface area contributed by atoms with E-state index in [2.05, 4.69) is 72.3 Å². The third-order valence-electron chi connectivity index (χ3n) is 7.11. The van der Waals surface area contributed by atoms with Crippen LogP contribution in [0.1, 0.15) is 47.9 Å². The smallest absolute Gasteiger partial charge is 0.119 e. The Morgan fingerprint density at radius 1 is 0.933 bits per heavy atom. The molecule has 2 bridgehead atoms. The molecule has 0 aromatic heterocycles. The van der Waals surface area contributed by atoms with Gasteiger partial charge in [-0.05, 0) is 48.1 Å². The Hall–Kier alpha value is -1.10. The molecule has 2 aromatic carbocycles. The molecule has 30 heavy (non-hydrogen) atoms. The molecule has 0 spiro atoms. The maximum absolute atomic E-state index is 6.90. The Morgan fingerprint density at radius 2 is 1.50 bits per heavy atom. The van der Waals surface area contributed by atoms with E-state index in [1.165, 1.54) is 54.9 Å². The van der Waals surface area contributed by atoms with Crippen LogP contribution >= 0.6 is 24.8 Å². The lowest BCUT2D eigenvalue weighted by atomic mass is 9.61. The molecular weight excluding hydrogens is 415 g/mol. The molecule has 3 nitrogen and oxygen atoms in total. The summed E-state index contributed by atoms with van der Waals surface area (Å²) < 4.78 is 6.90. The van der Waals surface area contributed by atoms with Crippen LogP contribution in [0.4, 0.5) is 0 Å². The van der Waals surface area contributed by atoms with Gasteiger partial charge in [-0.15, -0.1) is 24.8 Å². The van der Waals surface area contributed by atoms with Crippen LogP contribution in [0.3, 0.4) is 0 Å². The van der Waals surface area contributed by atoms with Crippen LogP contribution in [0.15, 0.2) is 48.5 Å². The van der Waals surface area contributed by atoms with Crippen molar-refractivity contribution in [2.45, 2.75) is 31.3 Å². The first-order valence-electron chi connectivity index (χ1n) is 10.9. The van der Waals surface area contributed by atoms with Crippen molar-refractivity contribution in [1.82, 2.24) is 9.80 Å². The number of rotatable bonds is 5. The molecule has 5 heteroatoms. The number of benzene rings is 2. The fourth-order valence-corrected chi connectivity index (χ4v) is 5.61. The zero-order valence-corrected chi connectivity index (χ0v) is 19.7. The van der Waals surface area contributed by atoms with Gasteiger partial charge >= 0.3 is 0 Å². The number of piperazine rings is 1. The number of nitrogens with zero attached hydrogens (tertiary/aromatic N) is 2. The molecule has 1 fully saturated rings. The summed E-state index contributed by atoms with van der Waals surface area (Å²) in [5, 5.41) is 0. The lowest BCUT2D eigenvalue weighted by Gasteiger charge is -2.49. The highest BCUT2D eigenvalue weighted by atomic mass is 35.5. The second-order valence-corrected chi connectivity index (χ2v) is 9.11. The Bertz CT molecular complexity index is 803. The molecule has 0 radical (unpaired) electrons. The van der Waals surface area contributed by atoms with Crippen molar-refractivity contribution in [3.8, 4) is 0 Å². The first-order chi connectivity index (χ1) is 13.7. The highest BCUT2D eigenvalue weighted by Gasteiger charge is 2.49. The van der Waals surface area contributed by atoms with Crippen LogP contribution in [0.25, 0.3) is 0 Å². The van der Waals surface area contributed by atoms with Gasteiger partial charge in [-0.1, -0.05) is 55.5 Å². The van der Waals surface area contributed by atoms with E-state index in [9.17, 15) is 0 Å². The van der Waals surface area contributed by atoms with E-state index < -0.39 is 0 Å². The summed E-state index contributed by atoms with van der Waals surface area (Å²) in [5.41, 5.74) is 5.55. The van der Waals surface area contributed by atoms with Crippen molar-refractivity contribution >= 4 is 24.8 Å². The summed E-state index contributed by atoms with van der Waals surface area (Å²) in [4.78, 5) is 5.02. The van der Waals surface area contributed by atoms with Crippen molar-refractivity contribution in [2.24, 2.45) is 5.92 Å². The first-order valence-corrected chi connectivity index (χ1v) is 10.9. The van der Waals surface area contributed by atoms with E-state index in [-0.39, 0.29) is 30.4 Å². The van der Waals surface area contributed by atoms with Crippen LogP contribution in [0, 0.1) is 5.92 Å². The number of likely N-dealkylation sites (N-methyl/N-ethyl adjacent to an activating group) is 1. The minimum absolute atomic E-state index is 0. The number of fused-ring (bicyclic) bond motifs is 1. The van der Waals surface area contributed by atoms with E-state index in [4.69, 9.17) is 4.74 Å². The van der Waals surface area contributed by atoms with Gasteiger partial charge in [-0.3, -0.25) is 0 Å². The summed E-state index contributed by atoms with van der Waals surface area (Å²) in [5.74, 6) is 1.08. The molecule has 0 saturated carbocycles. The third-order valence-corrected chi connectivity index (χ3v) is 7.11. The first kappa shape index (κ1) is 23.6. The zero-order chi connectivity index (χ0) is 19.1. The normalized spacial score (nSPS) is 26.1. The quantitative estimate of drug-likeness (QED) is 0.645. The molecule has 0 amide bonds. The summed E-state index contributed by atoms with van der Waals surface area (Å²) in [6.45, 7) is 9.02. The maximum atomic E-state index is 6.90. The second-order valence-electron chi connectivity index (χ2n) is 9.11. The molecule has 1 saturated heterocycles. The van der Waals surface area contributed by atoms with Crippen LogP contribution in [-0.2, 0) is 10.3 Å². The van der Waals surface area contributed by atoms with Gasteiger partial charge in [0.15, 0.2) is 0 Å². The van der Waals surface area contributed by atoms with Crippen LogP contribution in [0.5, 0.6) is 0 Å². The summed E-state index contributed by atoms with van der Waals surface area (Å²) >= 11 is 0. The molecule has 1 atom stereocenters. The fourth-order valence-electron chi connectivity index (χ4n) is 5.61. The molecule has 164 valence electrons. The lowest BCUT2D eigenvalue weighted by molar-refractivity contribution is -0.0574. The number of ether oxygens (including phenoxy) is 1. The minimum atomic E-state index is -0.252. The van der Waals surface area contributed by atoms with Gasteiger partial charge in [0.25, 0.3) is 0 Å². The van der Waals surface area contributed by atoms with Crippen LogP contribution in [-0.4, -0.2) is 56.2 Å². The number of hydrogen-bond acceptors (Lipinski definition) is 3. The Labute approximate surface area is 193 Å². The van der Waals surface area contributed by atoms with E-state index in [1.54, 1.807) is 0 Å². The Balaban J connectivity index is 0.00000128. The van der Waals surface area contributed by atoms with Crippen molar-refractivity contribution < 1.29 is 4.74 Å². The van der Waals surface area contributed by atoms with Gasteiger partial charge in [0.2, 0.25) is 0 Å². The SMILES string of the molecule is CC(COC12CCC(c3ccccc31)c1ccccc12)CN1CCN(C)CC1.Cl.Cl. The highest BCUT2D eigenvalue weighted by Crippen LogP contribution is 2.56. The average Bonchev–Trinajstić information content (AvgIpc) is 2.75. The molecule has 6 rings (SSSR count). The largest absolute Gasteiger partial charge is 0.365 e. The Morgan fingerprint density at radius 3 is 2.10 bits per heavy atom. The summed E-state index contributed by atoms with van der Waals surface area (Å²) in [6.07, 6.45) is 2.30. The van der Waals surface area contributed by atoms with E-state index >= 15 is 0 Å². The number of halogens is 2. The van der Waals surface area contributed by atoms with Crippen LogP contribution < -0.4 is 0 Å².